The summed E-state index contributed by atoms with van der Waals surface area (Å²) in [6, 6.07) is 4.51. The van der Waals surface area contributed by atoms with Crippen molar-refractivity contribution in [1.29, 1.82) is 0 Å². The highest BCUT2D eigenvalue weighted by atomic mass is 16.5. The molecule has 1 atom stereocenters. The zero-order chi connectivity index (χ0) is 16.5. The van der Waals surface area contributed by atoms with Crippen molar-refractivity contribution in [3.63, 3.8) is 0 Å². The SMILES string of the molecule is CCCOc1cc(C)ccc1NC(=O)N[C@H](C)C(=O)NCC. The lowest BCUT2D eigenvalue weighted by molar-refractivity contribution is -0.122. The van der Waals surface area contributed by atoms with Crippen molar-refractivity contribution in [3.05, 3.63) is 23.8 Å². The molecule has 1 aromatic carbocycles. The van der Waals surface area contributed by atoms with Crippen LogP contribution in [-0.4, -0.2) is 31.1 Å². The Bertz CT molecular complexity index is 517. The van der Waals surface area contributed by atoms with E-state index in [4.69, 9.17) is 4.74 Å². The molecule has 122 valence electrons. The van der Waals surface area contributed by atoms with Gasteiger partial charge in [-0.15, -0.1) is 0 Å². The summed E-state index contributed by atoms with van der Waals surface area (Å²) < 4.78 is 5.64. The van der Waals surface area contributed by atoms with Crippen LogP contribution in [0, 0.1) is 6.92 Å². The molecule has 0 unspecified atom stereocenters. The van der Waals surface area contributed by atoms with E-state index >= 15 is 0 Å². The lowest BCUT2D eigenvalue weighted by Crippen LogP contribution is -2.46. The molecule has 0 aliphatic heterocycles. The first-order valence-corrected chi connectivity index (χ1v) is 7.56. The number of aryl methyl sites for hydroxylation is 1. The number of nitrogens with one attached hydrogen (secondary N) is 3. The Kier molecular flexibility index (Phi) is 7.22. The largest absolute Gasteiger partial charge is 0.491 e. The van der Waals surface area contributed by atoms with Crippen molar-refractivity contribution in [1.82, 2.24) is 10.6 Å². The highest BCUT2D eigenvalue weighted by Gasteiger charge is 2.15. The first kappa shape index (κ1) is 17.8. The Labute approximate surface area is 131 Å². The maximum absolute atomic E-state index is 12.0. The number of hydrogen-bond donors (Lipinski definition) is 3. The Morgan fingerprint density at radius 1 is 1.27 bits per heavy atom. The second-order valence-electron chi connectivity index (χ2n) is 5.06. The lowest BCUT2D eigenvalue weighted by atomic mass is 10.2. The van der Waals surface area contributed by atoms with Crippen molar-refractivity contribution in [3.8, 4) is 5.75 Å². The fraction of sp³-hybridized carbons (Fsp3) is 0.500. The van der Waals surface area contributed by atoms with E-state index < -0.39 is 12.1 Å². The Morgan fingerprint density at radius 3 is 2.64 bits per heavy atom. The molecule has 1 rings (SSSR count). The van der Waals surface area contributed by atoms with Crippen LogP contribution >= 0.6 is 0 Å². The number of ether oxygens (including phenoxy) is 1. The third kappa shape index (κ3) is 5.63. The molecule has 0 radical (unpaired) electrons. The fourth-order valence-corrected chi connectivity index (χ4v) is 1.81. The van der Waals surface area contributed by atoms with Crippen LogP contribution < -0.4 is 20.7 Å². The lowest BCUT2D eigenvalue weighted by Gasteiger charge is -2.16. The quantitative estimate of drug-likeness (QED) is 0.724. The van der Waals surface area contributed by atoms with E-state index in [2.05, 4.69) is 16.0 Å². The van der Waals surface area contributed by atoms with Crippen LogP contribution in [0.1, 0.15) is 32.8 Å². The molecule has 6 heteroatoms. The second kappa shape index (κ2) is 8.92. The average Bonchev–Trinajstić information content (AvgIpc) is 2.47. The van der Waals surface area contributed by atoms with Gasteiger partial charge in [0.15, 0.2) is 0 Å². The first-order chi connectivity index (χ1) is 10.5. The van der Waals surface area contributed by atoms with Gasteiger partial charge in [-0.1, -0.05) is 13.0 Å². The molecule has 0 aliphatic carbocycles. The summed E-state index contributed by atoms with van der Waals surface area (Å²) in [4.78, 5) is 23.6. The minimum atomic E-state index is -0.606. The van der Waals surface area contributed by atoms with Gasteiger partial charge in [-0.25, -0.2) is 4.79 Å². The van der Waals surface area contributed by atoms with Crippen molar-refractivity contribution >= 4 is 17.6 Å². The predicted molar refractivity (Wildman–Crippen MR) is 87.3 cm³/mol. The number of anilines is 1. The van der Waals surface area contributed by atoms with Crippen molar-refractivity contribution in [2.24, 2.45) is 0 Å². The van der Waals surface area contributed by atoms with E-state index in [9.17, 15) is 9.59 Å². The summed E-state index contributed by atoms with van der Waals surface area (Å²) in [7, 11) is 0. The van der Waals surface area contributed by atoms with E-state index in [0.717, 1.165) is 12.0 Å². The number of urea groups is 1. The second-order valence-corrected chi connectivity index (χ2v) is 5.06. The van der Waals surface area contributed by atoms with Crippen LogP contribution in [0.4, 0.5) is 10.5 Å². The maximum atomic E-state index is 12.0. The number of likely N-dealkylation sites (N-methyl/N-ethyl adjacent to an activating group) is 1. The molecular weight excluding hydrogens is 282 g/mol. The number of carbonyl (C=O) groups excluding carboxylic acids is 2. The minimum absolute atomic E-state index is 0.219. The molecule has 1 aromatic rings. The van der Waals surface area contributed by atoms with Gasteiger partial charge in [-0.05, 0) is 44.9 Å². The number of amides is 3. The van der Waals surface area contributed by atoms with Crippen LogP contribution in [0.5, 0.6) is 5.75 Å². The highest BCUT2D eigenvalue weighted by molar-refractivity contribution is 5.94. The Balaban J connectivity index is 2.69. The summed E-state index contributed by atoms with van der Waals surface area (Å²) in [6.45, 7) is 8.54. The summed E-state index contributed by atoms with van der Waals surface area (Å²) in [5.74, 6) is 0.409. The van der Waals surface area contributed by atoms with Crippen LogP contribution in [0.25, 0.3) is 0 Å². The number of carbonyl (C=O) groups is 2. The van der Waals surface area contributed by atoms with E-state index in [1.807, 2.05) is 32.9 Å². The summed E-state index contributed by atoms with van der Waals surface area (Å²) in [5.41, 5.74) is 1.63. The predicted octanol–water partition coefficient (Wildman–Crippen LogP) is 2.43. The fourth-order valence-electron chi connectivity index (χ4n) is 1.81. The molecule has 0 aromatic heterocycles. The van der Waals surface area contributed by atoms with Crippen LogP contribution in [0.3, 0.4) is 0 Å². The van der Waals surface area contributed by atoms with E-state index in [-0.39, 0.29) is 5.91 Å². The Morgan fingerprint density at radius 2 is 2.00 bits per heavy atom. The molecule has 0 spiro atoms. The number of rotatable bonds is 7. The van der Waals surface area contributed by atoms with Gasteiger partial charge < -0.3 is 20.7 Å². The molecule has 0 saturated carbocycles. The van der Waals surface area contributed by atoms with Crippen LogP contribution in [-0.2, 0) is 4.79 Å². The topological polar surface area (TPSA) is 79.5 Å². The van der Waals surface area contributed by atoms with Gasteiger partial charge >= 0.3 is 6.03 Å². The van der Waals surface area contributed by atoms with Gasteiger partial charge in [0.2, 0.25) is 5.91 Å². The van der Waals surface area contributed by atoms with Gasteiger partial charge in [0.1, 0.15) is 11.8 Å². The van der Waals surface area contributed by atoms with Gasteiger partial charge in [-0.2, -0.15) is 0 Å². The third-order valence-electron chi connectivity index (χ3n) is 2.94. The van der Waals surface area contributed by atoms with Gasteiger partial charge in [0.25, 0.3) is 0 Å². The smallest absolute Gasteiger partial charge is 0.319 e. The van der Waals surface area contributed by atoms with Crippen LogP contribution in [0.2, 0.25) is 0 Å². The van der Waals surface area contributed by atoms with Crippen molar-refractivity contribution < 1.29 is 14.3 Å². The van der Waals surface area contributed by atoms with Gasteiger partial charge in [-0.3, -0.25) is 4.79 Å². The minimum Gasteiger partial charge on any atom is -0.491 e. The van der Waals surface area contributed by atoms with Gasteiger partial charge in [0, 0.05) is 6.54 Å². The van der Waals surface area contributed by atoms with Crippen molar-refractivity contribution in [2.45, 2.75) is 40.2 Å². The zero-order valence-corrected chi connectivity index (χ0v) is 13.7. The standard InChI is InChI=1S/C16H25N3O3/c1-5-9-22-14-10-11(3)7-8-13(14)19-16(21)18-12(4)15(20)17-6-2/h7-8,10,12H,5-6,9H2,1-4H3,(H,17,20)(H2,18,19,21)/t12-/m1/s1. The zero-order valence-electron chi connectivity index (χ0n) is 13.7. The first-order valence-electron chi connectivity index (χ1n) is 7.56. The number of hydrogen-bond acceptors (Lipinski definition) is 3. The molecule has 0 bridgehead atoms. The molecule has 3 N–H and O–H groups in total. The normalized spacial score (nSPS) is 11.5. The summed E-state index contributed by atoms with van der Waals surface area (Å²) >= 11 is 0. The van der Waals surface area contributed by atoms with Crippen molar-refractivity contribution in [2.75, 3.05) is 18.5 Å². The molecule has 0 aliphatic rings. The summed E-state index contributed by atoms with van der Waals surface area (Å²) in [6.07, 6.45) is 0.883. The molecule has 3 amide bonds. The molecule has 0 fully saturated rings. The van der Waals surface area contributed by atoms with E-state index in [1.165, 1.54) is 0 Å². The number of benzene rings is 1. The Hall–Kier alpha value is -2.24. The van der Waals surface area contributed by atoms with Crippen LogP contribution in [0.15, 0.2) is 18.2 Å². The third-order valence-corrected chi connectivity index (χ3v) is 2.94. The maximum Gasteiger partial charge on any atom is 0.319 e. The molecule has 0 heterocycles. The average molecular weight is 307 g/mol. The van der Waals surface area contributed by atoms with E-state index in [1.54, 1.807) is 13.0 Å². The summed E-state index contributed by atoms with van der Waals surface area (Å²) in [5, 5.41) is 7.97. The molecular formula is C16H25N3O3. The molecule has 0 saturated heterocycles. The molecule has 22 heavy (non-hydrogen) atoms. The monoisotopic (exact) mass is 307 g/mol. The highest BCUT2D eigenvalue weighted by Crippen LogP contribution is 2.25. The molecule has 6 nitrogen and oxygen atoms in total. The van der Waals surface area contributed by atoms with E-state index in [0.29, 0.717) is 24.6 Å². The van der Waals surface area contributed by atoms with Gasteiger partial charge in [0.05, 0.1) is 12.3 Å².